The van der Waals surface area contributed by atoms with E-state index < -0.39 is 0 Å². The number of rotatable bonds is 3. The molecule has 2 aromatic heterocycles. The van der Waals surface area contributed by atoms with Crippen LogP contribution in [0.15, 0.2) is 67.0 Å². The number of hydrogen-bond donors (Lipinski definition) is 0. The van der Waals surface area contributed by atoms with Crippen molar-refractivity contribution in [1.29, 1.82) is 0 Å². The number of benzene rings is 2. The maximum atomic E-state index is 5.22. The van der Waals surface area contributed by atoms with Gasteiger partial charge in [-0.1, -0.05) is 35.9 Å². The largest absolute Gasteiger partial charge is 0.481 e. The maximum absolute atomic E-state index is 5.22. The number of aryl methyl sites for hydroxylation is 1. The summed E-state index contributed by atoms with van der Waals surface area (Å²) in [6.07, 6.45) is 3.82. The van der Waals surface area contributed by atoms with Crippen LogP contribution in [0.2, 0.25) is 0 Å². The summed E-state index contributed by atoms with van der Waals surface area (Å²) in [5.41, 5.74) is 7.96. The first-order chi connectivity index (χ1) is 14.1. The van der Waals surface area contributed by atoms with Gasteiger partial charge in [0, 0.05) is 18.5 Å². The Bertz CT molecular complexity index is 1190. The van der Waals surface area contributed by atoms with Crippen molar-refractivity contribution in [2.24, 2.45) is 0 Å². The number of ether oxygens (including phenoxy) is 1. The van der Waals surface area contributed by atoms with E-state index in [9.17, 15) is 0 Å². The van der Waals surface area contributed by atoms with Gasteiger partial charge in [0.25, 0.3) is 0 Å². The minimum Gasteiger partial charge on any atom is -0.481 e. The van der Waals surface area contributed by atoms with Crippen LogP contribution in [0.25, 0.3) is 22.0 Å². The Morgan fingerprint density at radius 3 is 2.41 bits per heavy atom. The second-order valence-electron chi connectivity index (χ2n) is 7.42. The topological polar surface area (TPSA) is 41.5 Å². The molecular weight excluding hydrogens is 360 g/mol. The minimum absolute atomic E-state index is 0.614. The van der Waals surface area contributed by atoms with Crippen molar-refractivity contribution in [1.82, 2.24) is 9.97 Å². The summed E-state index contributed by atoms with van der Waals surface area (Å²) in [6, 6.07) is 19.1. The molecule has 0 atom stereocenters. The molecule has 5 rings (SSSR count). The van der Waals surface area contributed by atoms with E-state index in [0.717, 1.165) is 28.9 Å². The van der Waals surface area contributed by atoms with Gasteiger partial charge in [0.2, 0.25) is 5.88 Å². The van der Waals surface area contributed by atoms with Crippen molar-refractivity contribution < 1.29 is 4.74 Å². The highest BCUT2D eigenvalue weighted by Crippen LogP contribution is 2.44. The number of anilines is 3. The smallest absolute Gasteiger partial charge is 0.213 e. The fraction of sp³-hybridized carbons (Fsp3) is 0.167. The fourth-order valence-corrected chi connectivity index (χ4v) is 3.88. The van der Waals surface area contributed by atoms with E-state index in [1.165, 1.54) is 22.4 Å². The Morgan fingerprint density at radius 2 is 1.69 bits per heavy atom. The molecular formula is C24H22N4O. The van der Waals surface area contributed by atoms with Crippen molar-refractivity contribution in [3.8, 4) is 17.0 Å². The number of nitrogens with zero attached hydrogens (tertiary/aromatic N) is 4. The van der Waals surface area contributed by atoms with Crippen LogP contribution in [-0.4, -0.2) is 30.8 Å². The standard InChI is InChI=1S/C24H22N4O/c1-16-4-6-17(7-5-16)18-8-10-21-20(12-18)24-22(14-25-21)27(2)15-28(24)19-9-11-23(29-3)26-13-19/h4-14H,15H2,1-3H3. The van der Waals surface area contributed by atoms with Crippen molar-refractivity contribution >= 4 is 28.0 Å². The van der Waals surface area contributed by atoms with Crippen LogP contribution in [0.4, 0.5) is 17.1 Å². The van der Waals surface area contributed by atoms with Gasteiger partial charge in [0.05, 0.1) is 48.8 Å². The molecule has 0 bridgehead atoms. The summed E-state index contributed by atoms with van der Waals surface area (Å²) >= 11 is 0. The van der Waals surface area contributed by atoms with Crippen LogP contribution in [0.3, 0.4) is 0 Å². The highest BCUT2D eigenvalue weighted by Gasteiger charge is 2.27. The third-order valence-electron chi connectivity index (χ3n) is 5.48. The normalized spacial score (nSPS) is 13.1. The molecule has 0 N–H and O–H groups in total. The summed E-state index contributed by atoms with van der Waals surface area (Å²) < 4.78 is 5.22. The predicted octanol–water partition coefficient (Wildman–Crippen LogP) is 5.16. The molecule has 0 saturated carbocycles. The number of methoxy groups -OCH3 is 1. The van der Waals surface area contributed by atoms with Crippen molar-refractivity contribution in [3.05, 3.63) is 72.6 Å². The van der Waals surface area contributed by atoms with Crippen molar-refractivity contribution in [3.63, 3.8) is 0 Å². The van der Waals surface area contributed by atoms with Gasteiger partial charge in [-0.3, -0.25) is 4.98 Å². The molecule has 0 amide bonds. The van der Waals surface area contributed by atoms with Gasteiger partial charge in [0.15, 0.2) is 0 Å². The number of aromatic nitrogens is 2. The molecule has 0 radical (unpaired) electrons. The van der Waals surface area contributed by atoms with Gasteiger partial charge in [-0.2, -0.15) is 0 Å². The molecule has 1 aliphatic rings. The second-order valence-corrected chi connectivity index (χ2v) is 7.42. The van der Waals surface area contributed by atoms with Crippen LogP contribution in [0, 0.1) is 6.92 Å². The first kappa shape index (κ1) is 17.5. The maximum Gasteiger partial charge on any atom is 0.213 e. The molecule has 29 heavy (non-hydrogen) atoms. The predicted molar refractivity (Wildman–Crippen MR) is 118 cm³/mol. The zero-order chi connectivity index (χ0) is 20.0. The Balaban J connectivity index is 1.67. The van der Waals surface area contributed by atoms with Crippen molar-refractivity contribution in [2.75, 3.05) is 30.6 Å². The minimum atomic E-state index is 0.614. The van der Waals surface area contributed by atoms with E-state index in [1.807, 2.05) is 24.5 Å². The lowest BCUT2D eigenvalue weighted by Gasteiger charge is -2.20. The number of pyridine rings is 2. The van der Waals surface area contributed by atoms with Crippen LogP contribution >= 0.6 is 0 Å². The average Bonchev–Trinajstić information content (AvgIpc) is 3.11. The van der Waals surface area contributed by atoms with E-state index in [0.29, 0.717) is 5.88 Å². The highest BCUT2D eigenvalue weighted by molar-refractivity contribution is 6.04. The Labute approximate surface area is 170 Å². The monoisotopic (exact) mass is 382 g/mol. The first-order valence-corrected chi connectivity index (χ1v) is 9.62. The molecule has 144 valence electrons. The summed E-state index contributed by atoms with van der Waals surface area (Å²) in [5, 5.41) is 1.14. The molecule has 2 aromatic carbocycles. The molecule has 0 fully saturated rings. The summed E-state index contributed by atoms with van der Waals surface area (Å²) in [4.78, 5) is 13.6. The first-order valence-electron chi connectivity index (χ1n) is 9.62. The third-order valence-corrected chi connectivity index (χ3v) is 5.48. The van der Waals surface area contributed by atoms with Crippen LogP contribution in [-0.2, 0) is 0 Å². The molecule has 4 aromatic rings. The lowest BCUT2D eigenvalue weighted by molar-refractivity contribution is 0.398. The van der Waals surface area contributed by atoms with Gasteiger partial charge in [0.1, 0.15) is 0 Å². The fourth-order valence-electron chi connectivity index (χ4n) is 3.88. The van der Waals surface area contributed by atoms with Gasteiger partial charge in [-0.15, -0.1) is 0 Å². The Kier molecular flexibility index (Phi) is 4.09. The van der Waals surface area contributed by atoms with E-state index in [2.05, 4.69) is 71.2 Å². The molecule has 0 aliphatic carbocycles. The Morgan fingerprint density at radius 1 is 0.897 bits per heavy atom. The SMILES string of the molecule is COc1ccc(N2CN(C)c3cnc4ccc(-c5ccc(C)cc5)cc4c32)cn1. The number of fused-ring (bicyclic) bond motifs is 3. The molecule has 0 unspecified atom stereocenters. The van der Waals surface area contributed by atoms with E-state index in [1.54, 1.807) is 7.11 Å². The average molecular weight is 382 g/mol. The second kappa shape index (κ2) is 6.78. The number of hydrogen-bond acceptors (Lipinski definition) is 5. The van der Waals surface area contributed by atoms with Gasteiger partial charge >= 0.3 is 0 Å². The van der Waals surface area contributed by atoms with E-state index in [-0.39, 0.29) is 0 Å². The summed E-state index contributed by atoms with van der Waals surface area (Å²) in [5.74, 6) is 0.614. The zero-order valence-corrected chi connectivity index (χ0v) is 16.8. The third kappa shape index (κ3) is 2.95. The molecule has 0 spiro atoms. The van der Waals surface area contributed by atoms with Crippen molar-refractivity contribution in [2.45, 2.75) is 6.92 Å². The Hall–Kier alpha value is -3.60. The van der Waals surface area contributed by atoms with E-state index >= 15 is 0 Å². The van der Waals surface area contributed by atoms with Crippen LogP contribution in [0.5, 0.6) is 5.88 Å². The van der Waals surface area contributed by atoms with E-state index in [4.69, 9.17) is 9.72 Å². The zero-order valence-electron chi connectivity index (χ0n) is 16.8. The summed E-state index contributed by atoms with van der Waals surface area (Å²) in [7, 11) is 3.72. The molecule has 5 nitrogen and oxygen atoms in total. The van der Waals surface area contributed by atoms with Gasteiger partial charge in [-0.25, -0.2) is 4.98 Å². The quantitative estimate of drug-likeness (QED) is 0.490. The lowest BCUT2D eigenvalue weighted by atomic mass is 10.0. The van der Waals surface area contributed by atoms with Crippen LogP contribution < -0.4 is 14.5 Å². The lowest BCUT2D eigenvalue weighted by Crippen LogP contribution is -2.24. The highest BCUT2D eigenvalue weighted by atomic mass is 16.5. The van der Waals surface area contributed by atoms with Gasteiger partial charge < -0.3 is 14.5 Å². The molecule has 3 heterocycles. The molecule has 0 saturated heterocycles. The molecule has 5 heteroatoms. The van der Waals surface area contributed by atoms with Crippen LogP contribution in [0.1, 0.15) is 5.56 Å². The van der Waals surface area contributed by atoms with Gasteiger partial charge in [-0.05, 0) is 36.2 Å². The molecule has 1 aliphatic heterocycles. The summed E-state index contributed by atoms with van der Waals surface area (Å²) in [6.45, 7) is 2.86.